The number of hydrogen-bond donors (Lipinski definition) is 2. The van der Waals surface area contributed by atoms with Crippen molar-refractivity contribution < 1.29 is 14.8 Å². The van der Waals surface area contributed by atoms with Gasteiger partial charge in [-0.1, -0.05) is 38.1 Å². The first-order valence-electron chi connectivity index (χ1n) is 6.69. The first kappa shape index (κ1) is 16.2. The summed E-state index contributed by atoms with van der Waals surface area (Å²) >= 11 is 0. The van der Waals surface area contributed by atoms with Crippen LogP contribution >= 0.6 is 0 Å². The minimum Gasteiger partial charge on any atom is -0.423 e. The minimum absolute atomic E-state index is 0.524. The topological polar surface area (TPSA) is 52.9 Å². The van der Waals surface area contributed by atoms with Crippen LogP contribution in [0.2, 0.25) is 0 Å². The van der Waals surface area contributed by atoms with E-state index < -0.39 is 7.12 Å². The zero-order chi connectivity index (χ0) is 14.3. The van der Waals surface area contributed by atoms with E-state index in [9.17, 15) is 0 Å². The maximum absolute atomic E-state index is 9.06. The van der Waals surface area contributed by atoms with E-state index in [1.807, 2.05) is 12.1 Å². The van der Waals surface area contributed by atoms with E-state index in [2.05, 4.69) is 18.7 Å². The summed E-state index contributed by atoms with van der Waals surface area (Å²) in [7, 11) is 0.319. The molecule has 0 spiro atoms. The molecule has 0 aliphatic carbocycles. The van der Waals surface area contributed by atoms with Gasteiger partial charge in [0, 0.05) is 26.7 Å². The molecule has 0 amide bonds. The van der Waals surface area contributed by atoms with E-state index in [-0.39, 0.29) is 0 Å². The van der Waals surface area contributed by atoms with Crippen LogP contribution in [-0.4, -0.2) is 48.9 Å². The Morgan fingerprint density at radius 2 is 1.84 bits per heavy atom. The molecule has 1 aromatic carbocycles. The molecule has 19 heavy (non-hydrogen) atoms. The SMILES string of the molecule is COCCN(Cc1ccc(B(O)O)cc1)CC(C)C. The van der Waals surface area contributed by atoms with Gasteiger partial charge in [0.05, 0.1) is 6.61 Å². The Kier molecular flexibility index (Phi) is 7.09. The highest BCUT2D eigenvalue weighted by molar-refractivity contribution is 6.58. The van der Waals surface area contributed by atoms with Crippen LogP contribution in [0.15, 0.2) is 24.3 Å². The van der Waals surface area contributed by atoms with Crippen molar-refractivity contribution in [3.05, 3.63) is 29.8 Å². The summed E-state index contributed by atoms with van der Waals surface area (Å²) in [6.07, 6.45) is 0. The van der Waals surface area contributed by atoms with Crippen LogP contribution in [-0.2, 0) is 11.3 Å². The Bertz CT molecular complexity index is 354. The summed E-state index contributed by atoms with van der Waals surface area (Å²) < 4.78 is 5.13. The second kappa shape index (κ2) is 8.33. The molecular weight excluding hydrogens is 241 g/mol. The van der Waals surface area contributed by atoms with Crippen LogP contribution in [0.5, 0.6) is 0 Å². The molecule has 0 heterocycles. The van der Waals surface area contributed by atoms with Crippen molar-refractivity contribution in [3.8, 4) is 0 Å². The number of methoxy groups -OCH3 is 1. The van der Waals surface area contributed by atoms with Crippen molar-refractivity contribution in [1.29, 1.82) is 0 Å². The van der Waals surface area contributed by atoms with Crippen molar-refractivity contribution in [2.24, 2.45) is 5.92 Å². The van der Waals surface area contributed by atoms with Crippen LogP contribution in [0, 0.1) is 5.92 Å². The molecule has 0 saturated carbocycles. The highest BCUT2D eigenvalue weighted by atomic mass is 16.5. The predicted octanol–water partition coefficient (Wildman–Crippen LogP) is 0.471. The molecular formula is C14H24BNO3. The van der Waals surface area contributed by atoms with Gasteiger partial charge in [0.1, 0.15) is 0 Å². The normalized spacial score (nSPS) is 11.3. The number of rotatable bonds is 8. The predicted molar refractivity (Wildman–Crippen MR) is 78.3 cm³/mol. The summed E-state index contributed by atoms with van der Waals surface area (Å²) in [4.78, 5) is 2.35. The third kappa shape index (κ3) is 6.21. The second-order valence-electron chi connectivity index (χ2n) is 5.24. The van der Waals surface area contributed by atoms with Gasteiger partial charge in [-0.05, 0) is 16.9 Å². The Balaban J connectivity index is 2.61. The highest BCUT2D eigenvalue weighted by Crippen LogP contribution is 2.06. The third-order valence-corrected chi connectivity index (χ3v) is 2.92. The Morgan fingerprint density at radius 1 is 1.21 bits per heavy atom. The molecule has 1 rings (SSSR count). The highest BCUT2D eigenvalue weighted by Gasteiger charge is 2.11. The van der Waals surface area contributed by atoms with Gasteiger partial charge in [-0.3, -0.25) is 4.90 Å². The maximum Gasteiger partial charge on any atom is 0.488 e. The number of benzene rings is 1. The van der Waals surface area contributed by atoms with Gasteiger partial charge < -0.3 is 14.8 Å². The van der Waals surface area contributed by atoms with Gasteiger partial charge in [-0.2, -0.15) is 0 Å². The molecule has 0 saturated heterocycles. The fraction of sp³-hybridized carbons (Fsp3) is 0.571. The molecule has 5 heteroatoms. The van der Waals surface area contributed by atoms with E-state index >= 15 is 0 Å². The van der Waals surface area contributed by atoms with Gasteiger partial charge in [0.15, 0.2) is 0 Å². The fourth-order valence-electron chi connectivity index (χ4n) is 2.03. The smallest absolute Gasteiger partial charge is 0.423 e. The molecule has 0 unspecified atom stereocenters. The van der Waals surface area contributed by atoms with Crippen molar-refractivity contribution >= 4 is 12.6 Å². The molecule has 0 aliphatic rings. The van der Waals surface area contributed by atoms with Gasteiger partial charge in [0.25, 0.3) is 0 Å². The molecule has 0 aliphatic heterocycles. The van der Waals surface area contributed by atoms with Crippen LogP contribution in [0.4, 0.5) is 0 Å². The van der Waals surface area contributed by atoms with Gasteiger partial charge in [-0.25, -0.2) is 0 Å². The molecule has 0 fully saturated rings. The standard InChI is InChI=1S/C14H24BNO3/c1-12(2)10-16(8-9-19-3)11-13-4-6-14(7-5-13)15(17)18/h4-7,12,17-18H,8-11H2,1-3H3. The van der Waals surface area contributed by atoms with Gasteiger partial charge in [-0.15, -0.1) is 0 Å². The van der Waals surface area contributed by atoms with E-state index in [4.69, 9.17) is 14.8 Å². The molecule has 0 radical (unpaired) electrons. The van der Waals surface area contributed by atoms with Crippen LogP contribution in [0.25, 0.3) is 0 Å². The molecule has 4 nitrogen and oxygen atoms in total. The third-order valence-electron chi connectivity index (χ3n) is 2.92. The summed E-state index contributed by atoms with van der Waals surface area (Å²) in [6, 6.07) is 7.39. The van der Waals surface area contributed by atoms with Crippen LogP contribution in [0.3, 0.4) is 0 Å². The van der Waals surface area contributed by atoms with Crippen molar-refractivity contribution in [3.63, 3.8) is 0 Å². The average molecular weight is 265 g/mol. The first-order chi connectivity index (χ1) is 9.02. The minimum atomic E-state index is -1.39. The van der Waals surface area contributed by atoms with Crippen LogP contribution in [0.1, 0.15) is 19.4 Å². The Labute approximate surface area is 116 Å². The molecule has 0 aromatic heterocycles. The average Bonchev–Trinajstić information content (AvgIpc) is 2.36. The first-order valence-corrected chi connectivity index (χ1v) is 6.69. The van der Waals surface area contributed by atoms with Crippen molar-refractivity contribution in [2.75, 3.05) is 26.8 Å². The lowest BCUT2D eigenvalue weighted by atomic mass is 9.80. The molecule has 0 bridgehead atoms. The Morgan fingerprint density at radius 3 is 2.32 bits per heavy atom. The van der Waals surface area contributed by atoms with Gasteiger partial charge >= 0.3 is 7.12 Å². The lowest BCUT2D eigenvalue weighted by molar-refractivity contribution is 0.136. The summed E-state index contributed by atoms with van der Waals surface area (Å²) in [5.74, 6) is 0.607. The summed E-state index contributed by atoms with van der Waals surface area (Å²) in [6.45, 7) is 7.90. The lowest BCUT2D eigenvalue weighted by Gasteiger charge is -2.24. The zero-order valence-electron chi connectivity index (χ0n) is 12.0. The second-order valence-corrected chi connectivity index (χ2v) is 5.24. The quantitative estimate of drug-likeness (QED) is 0.671. The van der Waals surface area contributed by atoms with E-state index in [1.54, 1.807) is 19.2 Å². The summed E-state index contributed by atoms with van der Waals surface area (Å²) in [5.41, 5.74) is 1.69. The number of hydrogen-bond acceptors (Lipinski definition) is 4. The maximum atomic E-state index is 9.06. The monoisotopic (exact) mass is 265 g/mol. The lowest BCUT2D eigenvalue weighted by Crippen LogP contribution is -2.32. The van der Waals surface area contributed by atoms with Crippen molar-refractivity contribution in [2.45, 2.75) is 20.4 Å². The van der Waals surface area contributed by atoms with Crippen molar-refractivity contribution in [1.82, 2.24) is 4.90 Å². The largest absolute Gasteiger partial charge is 0.488 e. The molecule has 106 valence electrons. The van der Waals surface area contributed by atoms with E-state index in [1.165, 1.54) is 5.56 Å². The van der Waals surface area contributed by atoms with E-state index in [0.29, 0.717) is 11.4 Å². The summed E-state index contributed by atoms with van der Waals surface area (Å²) in [5, 5.41) is 18.1. The number of nitrogens with zero attached hydrogens (tertiary/aromatic N) is 1. The molecule has 0 atom stereocenters. The molecule has 2 N–H and O–H groups in total. The number of ether oxygens (including phenoxy) is 1. The van der Waals surface area contributed by atoms with E-state index in [0.717, 1.165) is 26.2 Å². The van der Waals surface area contributed by atoms with Crippen LogP contribution < -0.4 is 5.46 Å². The molecule has 1 aromatic rings. The fourth-order valence-corrected chi connectivity index (χ4v) is 2.03. The Hall–Kier alpha value is -0.875. The van der Waals surface area contributed by atoms with Gasteiger partial charge in [0.2, 0.25) is 0 Å². The zero-order valence-corrected chi connectivity index (χ0v) is 12.0.